The number of fused-ring (bicyclic) bond motifs is 1. The zero-order chi connectivity index (χ0) is 17.6. The second-order valence-electron chi connectivity index (χ2n) is 5.58. The number of benzene rings is 2. The molecular weight excluding hydrogens is 318 g/mol. The van der Waals surface area contributed by atoms with Crippen LogP contribution in [0.1, 0.15) is 22.8 Å². The van der Waals surface area contributed by atoms with Crippen LogP contribution in [-0.2, 0) is 16.0 Å². The summed E-state index contributed by atoms with van der Waals surface area (Å²) in [7, 11) is 0. The van der Waals surface area contributed by atoms with Gasteiger partial charge in [-0.15, -0.1) is 0 Å². The van der Waals surface area contributed by atoms with Crippen molar-refractivity contribution >= 4 is 22.7 Å². The van der Waals surface area contributed by atoms with E-state index < -0.39 is 5.97 Å². The summed E-state index contributed by atoms with van der Waals surface area (Å²) in [5.74, 6) is 0.0368. The van der Waals surface area contributed by atoms with Crippen molar-refractivity contribution in [1.29, 1.82) is 0 Å². The van der Waals surface area contributed by atoms with Crippen LogP contribution in [0, 0.1) is 0 Å². The molecule has 0 bridgehead atoms. The van der Waals surface area contributed by atoms with Crippen molar-refractivity contribution in [3.63, 3.8) is 0 Å². The number of hydrogen-bond acceptors (Lipinski definition) is 4. The van der Waals surface area contributed by atoms with E-state index in [1.54, 1.807) is 30.5 Å². The second-order valence-corrected chi connectivity index (χ2v) is 5.58. The third kappa shape index (κ3) is 4.07. The number of aromatic nitrogens is 1. The van der Waals surface area contributed by atoms with Gasteiger partial charge in [0.2, 0.25) is 0 Å². The predicted octanol–water partition coefficient (Wildman–Crippen LogP) is 3.54. The molecule has 3 rings (SSSR count). The van der Waals surface area contributed by atoms with Gasteiger partial charge in [0.05, 0.1) is 13.0 Å². The van der Waals surface area contributed by atoms with Gasteiger partial charge < -0.3 is 14.5 Å². The molecule has 0 fully saturated rings. The number of hydrogen-bond donors (Lipinski definition) is 1. The molecule has 128 valence electrons. The number of H-pyrrole nitrogens is 1. The number of Topliss-reactive ketones (excluding diaryl/α,β-unsaturated/α-hetero) is 1. The van der Waals surface area contributed by atoms with Crippen LogP contribution < -0.4 is 4.74 Å². The molecule has 0 amide bonds. The van der Waals surface area contributed by atoms with Gasteiger partial charge in [-0.3, -0.25) is 9.59 Å². The van der Waals surface area contributed by atoms with Crippen molar-refractivity contribution < 1.29 is 19.1 Å². The summed E-state index contributed by atoms with van der Waals surface area (Å²) < 4.78 is 10.5. The van der Waals surface area contributed by atoms with Crippen molar-refractivity contribution in [1.82, 2.24) is 4.98 Å². The van der Waals surface area contributed by atoms with Crippen LogP contribution in [0.5, 0.6) is 5.75 Å². The van der Waals surface area contributed by atoms with Crippen LogP contribution >= 0.6 is 0 Å². The number of esters is 1. The molecule has 0 aliphatic carbocycles. The summed E-state index contributed by atoms with van der Waals surface area (Å²) in [5.41, 5.74) is 2.31. The topological polar surface area (TPSA) is 68.4 Å². The molecule has 0 saturated heterocycles. The largest absolute Gasteiger partial charge is 0.494 e. The molecule has 1 N–H and O–H groups in total. The zero-order valence-electron chi connectivity index (χ0n) is 14.0. The smallest absolute Gasteiger partial charge is 0.310 e. The molecule has 0 radical (unpaired) electrons. The number of carbonyl (C=O) groups is 2. The maximum absolute atomic E-state index is 12.1. The highest BCUT2D eigenvalue weighted by molar-refractivity contribution is 5.98. The van der Waals surface area contributed by atoms with Crippen LogP contribution in [0.4, 0.5) is 0 Å². The molecule has 0 atom stereocenters. The predicted molar refractivity (Wildman–Crippen MR) is 94.9 cm³/mol. The molecule has 0 saturated carbocycles. The fraction of sp³-hybridized carbons (Fsp3) is 0.200. The summed E-state index contributed by atoms with van der Waals surface area (Å²) in [6.07, 6.45) is 1.92. The lowest BCUT2D eigenvalue weighted by Gasteiger charge is -2.06. The first-order valence-electron chi connectivity index (χ1n) is 8.14. The quantitative estimate of drug-likeness (QED) is 0.529. The minimum absolute atomic E-state index is 0.126. The number of ketones is 1. The van der Waals surface area contributed by atoms with Crippen LogP contribution in [-0.4, -0.2) is 30.0 Å². The number of rotatable bonds is 7. The maximum Gasteiger partial charge on any atom is 0.310 e. The van der Waals surface area contributed by atoms with Gasteiger partial charge >= 0.3 is 5.97 Å². The number of ether oxygens (including phenoxy) is 2. The Balaban J connectivity index is 1.55. The van der Waals surface area contributed by atoms with E-state index in [2.05, 4.69) is 4.98 Å². The van der Waals surface area contributed by atoms with Gasteiger partial charge in [-0.25, -0.2) is 0 Å². The minimum atomic E-state index is -0.427. The summed E-state index contributed by atoms with van der Waals surface area (Å²) in [6, 6.07) is 14.5. The number of carbonyl (C=O) groups excluding carboxylic acids is 2. The van der Waals surface area contributed by atoms with E-state index >= 15 is 0 Å². The monoisotopic (exact) mass is 337 g/mol. The van der Waals surface area contributed by atoms with E-state index in [0.29, 0.717) is 17.9 Å². The number of para-hydroxylation sites is 1. The highest BCUT2D eigenvalue weighted by Gasteiger charge is 2.13. The highest BCUT2D eigenvalue weighted by Crippen LogP contribution is 2.18. The SMILES string of the molecule is CCOc1ccc(C(=O)COC(=O)Cc2c[nH]c3ccccc23)cc1. The summed E-state index contributed by atoms with van der Waals surface area (Å²) >= 11 is 0. The van der Waals surface area contributed by atoms with Crippen LogP contribution in [0.25, 0.3) is 10.9 Å². The fourth-order valence-corrected chi connectivity index (χ4v) is 2.62. The van der Waals surface area contributed by atoms with Gasteiger partial charge in [-0.1, -0.05) is 18.2 Å². The molecule has 1 heterocycles. The van der Waals surface area contributed by atoms with Gasteiger partial charge in [0, 0.05) is 22.7 Å². The van der Waals surface area contributed by atoms with Gasteiger partial charge in [-0.05, 0) is 42.8 Å². The average molecular weight is 337 g/mol. The Kier molecular flexibility index (Phi) is 5.14. The van der Waals surface area contributed by atoms with Gasteiger partial charge in [0.1, 0.15) is 5.75 Å². The maximum atomic E-state index is 12.1. The van der Waals surface area contributed by atoms with Crippen LogP contribution in [0.15, 0.2) is 54.7 Å². The van der Waals surface area contributed by atoms with E-state index in [1.807, 2.05) is 31.2 Å². The molecular formula is C20H19NO4. The summed E-state index contributed by atoms with van der Waals surface area (Å²) in [4.78, 5) is 27.2. The van der Waals surface area contributed by atoms with Crippen LogP contribution in [0.2, 0.25) is 0 Å². The third-order valence-electron chi connectivity index (χ3n) is 3.86. The van der Waals surface area contributed by atoms with E-state index in [-0.39, 0.29) is 18.8 Å². The molecule has 25 heavy (non-hydrogen) atoms. The molecule has 0 unspecified atom stereocenters. The first kappa shape index (κ1) is 16.8. The van der Waals surface area contributed by atoms with Crippen LogP contribution in [0.3, 0.4) is 0 Å². The first-order chi connectivity index (χ1) is 12.2. The van der Waals surface area contributed by atoms with E-state index in [4.69, 9.17) is 9.47 Å². The zero-order valence-corrected chi connectivity index (χ0v) is 14.0. The van der Waals surface area contributed by atoms with Crippen molar-refractivity contribution in [2.75, 3.05) is 13.2 Å². The molecule has 5 heteroatoms. The Hall–Kier alpha value is -3.08. The Bertz CT molecular complexity index is 880. The van der Waals surface area contributed by atoms with Gasteiger partial charge in [0.15, 0.2) is 12.4 Å². The molecule has 1 aromatic heterocycles. The molecule has 0 aliphatic heterocycles. The molecule has 5 nitrogen and oxygen atoms in total. The third-order valence-corrected chi connectivity index (χ3v) is 3.86. The molecule has 0 aliphatic rings. The Morgan fingerprint density at radius 3 is 2.56 bits per heavy atom. The lowest BCUT2D eigenvalue weighted by molar-refractivity contribution is -0.141. The van der Waals surface area contributed by atoms with E-state index in [1.165, 1.54) is 0 Å². The minimum Gasteiger partial charge on any atom is -0.494 e. The van der Waals surface area contributed by atoms with E-state index in [0.717, 1.165) is 16.5 Å². The number of nitrogens with one attached hydrogen (secondary N) is 1. The number of aromatic amines is 1. The molecule has 3 aromatic rings. The Morgan fingerprint density at radius 2 is 1.80 bits per heavy atom. The fourth-order valence-electron chi connectivity index (χ4n) is 2.62. The normalized spacial score (nSPS) is 10.6. The summed E-state index contributed by atoms with van der Waals surface area (Å²) in [5, 5.41) is 0.984. The van der Waals surface area contributed by atoms with Crippen molar-refractivity contribution in [3.05, 3.63) is 65.9 Å². The van der Waals surface area contributed by atoms with Crippen molar-refractivity contribution in [2.24, 2.45) is 0 Å². The van der Waals surface area contributed by atoms with Gasteiger partial charge in [-0.2, -0.15) is 0 Å². The Morgan fingerprint density at radius 1 is 1.04 bits per heavy atom. The second kappa shape index (κ2) is 7.66. The summed E-state index contributed by atoms with van der Waals surface area (Å²) in [6.45, 7) is 2.19. The van der Waals surface area contributed by atoms with Crippen molar-refractivity contribution in [3.8, 4) is 5.75 Å². The molecule has 2 aromatic carbocycles. The lowest BCUT2D eigenvalue weighted by Crippen LogP contribution is -2.15. The molecule has 0 spiro atoms. The average Bonchev–Trinajstić information content (AvgIpc) is 3.04. The van der Waals surface area contributed by atoms with Crippen molar-refractivity contribution in [2.45, 2.75) is 13.3 Å². The first-order valence-corrected chi connectivity index (χ1v) is 8.14. The van der Waals surface area contributed by atoms with Gasteiger partial charge in [0.25, 0.3) is 0 Å². The van der Waals surface area contributed by atoms with E-state index in [9.17, 15) is 9.59 Å². The standard InChI is InChI=1S/C20H19NO4/c1-2-24-16-9-7-14(8-10-16)19(22)13-25-20(23)11-15-12-21-18-6-4-3-5-17(15)18/h3-10,12,21H,2,11,13H2,1H3. The highest BCUT2D eigenvalue weighted by atomic mass is 16.5. The lowest BCUT2D eigenvalue weighted by atomic mass is 10.1. The Labute approximate surface area is 145 Å².